The zero-order valence-corrected chi connectivity index (χ0v) is 15.2. The number of hydrogen-bond acceptors (Lipinski definition) is 5. The van der Waals surface area contributed by atoms with Gasteiger partial charge in [0.1, 0.15) is 5.75 Å². The van der Waals surface area contributed by atoms with Gasteiger partial charge in [-0.25, -0.2) is 4.79 Å². The van der Waals surface area contributed by atoms with Crippen molar-refractivity contribution in [3.05, 3.63) is 65.9 Å². The second-order valence-electron chi connectivity index (χ2n) is 5.76. The highest BCUT2D eigenvalue weighted by molar-refractivity contribution is 6.07. The minimum atomic E-state index is -0.524. The van der Waals surface area contributed by atoms with Crippen LogP contribution in [0.1, 0.15) is 20.8 Å². The molecule has 0 saturated heterocycles. The molecule has 1 heterocycles. The van der Waals surface area contributed by atoms with Gasteiger partial charge in [0.2, 0.25) is 0 Å². The summed E-state index contributed by atoms with van der Waals surface area (Å²) in [6.45, 7) is 0. The van der Waals surface area contributed by atoms with E-state index in [0.29, 0.717) is 11.4 Å². The molecule has 0 fully saturated rings. The second-order valence-corrected chi connectivity index (χ2v) is 5.76. The molecule has 0 bridgehead atoms. The number of carbonyl (C=O) groups is 2. The van der Waals surface area contributed by atoms with E-state index in [0.717, 1.165) is 11.3 Å². The molecule has 0 saturated carbocycles. The Labute approximate surface area is 156 Å². The van der Waals surface area contributed by atoms with Crippen LogP contribution in [0.15, 0.2) is 54.6 Å². The van der Waals surface area contributed by atoms with Crippen molar-refractivity contribution in [1.82, 2.24) is 9.78 Å². The first-order chi connectivity index (χ1) is 13.0. The topological polar surface area (TPSA) is 82.5 Å². The highest BCUT2D eigenvalue weighted by Crippen LogP contribution is 2.25. The predicted octanol–water partition coefficient (Wildman–Crippen LogP) is 3.13. The molecular weight excluding hydrogens is 346 g/mol. The van der Waals surface area contributed by atoms with Crippen LogP contribution in [-0.2, 0) is 11.8 Å². The number of amides is 1. The predicted molar refractivity (Wildman–Crippen MR) is 101 cm³/mol. The van der Waals surface area contributed by atoms with E-state index in [2.05, 4.69) is 10.4 Å². The van der Waals surface area contributed by atoms with E-state index >= 15 is 0 Å². The fourth-order valence-corrected chi connectivity index (χ4v) is 2.70. The third kappa shape index (κ3) is 3.82. The fourth-order valence-electron chi connectivity index (χ4n) is 2.70. The van der Waals surface area contributed by atoms with Gasteiger partial charge in [0, 0.05) is 12.6 Å². The van der Waals surface area contributed by atoms with Crippen LogP contribution < -0.4 is 10.1 Å². The number of methoxy groups -OCH3 is 2. The van der Waals surface area contributed by atoms with Crippen LogP contribution >= 0.6 is 0 Å². The molecule has 3 aromatic rings. The maximum atomic E-state index is 12.6. The second kappa shape index (κ2) is 7.74. The summed E-state index contributed by atoms with van der Waals surface area (Å²) in [5.41, 5.74) is 2.51. The Balaban J connectivity index is 1.88. The minimum absolute atomic E-state index is 0.231. The van der Waals surface area contributed by atoms with E-state index in [9.17, 15) is 9.59 Å². The number of benzene rings is 2. The number of aromatic nitrogens is 2. The molecule has 1 N–H and O–H groups in total. The van der Waals surface area contributed by atoms with Gasteiger partial charge in [0.15, 0.2) is 5.69 Å². The van der Waals surface area contributed by atoms with Crippen LogP contribution in [-0.4, -0.2) is 35.9 Å². The molecule has 7 nitrogen and oxygen atoms in total. The first kappa shape index (κ1) is 18.2. The minimum Gasteiger partial charge on any atom is -0.497 e. The van der Waals surface area contributed by atoms with Crippen LogP contribution in [0.5, 0.6) is 5.75 Å². The smallest absolute Gasteiger partial charge is 0.339 e. The van der Waals surface area contributed by atoms with Gasteiger partial charge in [-0.05, 0) is 30.3 Å². The van der Waals surface area contributed by atoms with Crippen LogP contribution in [0.4, 0.5) is 5.69 Å². The van der Waals surface area contributed by atoms with Gasteiger partial charge in [-0.3, -0.25) is 9.48 Å². The summed E-state index contributed by atoms with van der Waals surface area (Å²) in [5.74, 6) is -0.230. The van der Waals surface area contributed by atoms with Crippen molar-refractivity contribution in [2.45, 2.75) is 0 Å². The quantitative estimate of drug-likeness (QED) is 0.703. The number of nitrogens with zero attached hydrogens (tertiary/aromatic N) is 2. The lowest BCUT2D eigenvalue weighted by Gasteiger charge is -2.08. The normalized spacial score (nSPS) is 10.3. The number of anilines is 1. The zero-order chi connectivity index (χ0) is 19.4. The van der Waals surface area contributed by atoms with E-state index in [-0.39, 0.29) is 11.3 Å². The van der Waals surface area contributed by atoms with E-state index in [1.54, 1.807) is 49.2 Å². The maximum Gasteiger partial charge on any atom is 0.339 e. The average Bonchev–Trinajstić information content (AvgIpc) is 3.09. The lowest BCUT2D eigenvalue weighted by atomic mass is 10.1. The van der Waals surface area contributed by atoms with Crippen molar-refractivity contribution in [1.29, 1.82) is 0 Å². The number of esters is 1. The molecular formula is C20H19N3O4. The summed E-state index contributed by atoms with van der Waals surface area (Å²) >= 11 is 0. The Hall–Kier alpha value is -3.61. The first-order valence-corrected chi connectivity index (χ1v) is 8.20. The Bertz CT molecular complexity index is 994. The van der Waals surface area contributed by atoms with E-state index in [1.807, 2.05) is 24.3 Å². The number of aryl methyl sites for hydroxylation is 1. The summed E-state index contributed by atoms with van der Waals surface area (Å²) < 4.78 is 11.6. The number of ether oxygens (including phenoxy) is 2. The number of carbonyl (C=O) groups excluding carboxylic acids is 2. The first-order valence-electron chi connectivity index (χ1n) is 8.20. The Morgan fingerprint density at radius 2 is 1.81 bits per heavy atom. The number of nitrogens with one attached hydrogen (secondary N) is 1. The highest BCUT2D eigenvalue weighted by atomic mass is 16.5. The van der Waals surface area contributed by atoms with Gasteiger partial charge in [-0.1, -0.05) is 24.3 Å². The van der Waals surface area contributed by atoms with Crippen molar-refractivity contribution in [2.75, 3.05) is 19.5 Å². The summed E-state index contributed by atoms with van der Waals surface area (Å²) in [4.78, 5) is 24.5. The summed E-state index contributed by atoms with van der Waals surface area (Å²) in [6, 6.07) is 15.8. The lowest BCUT2D eigenvalue weighted by Crippen LogP contribution is -2.16. The van der Waals surface area contributed by atoms with Gasteiger partial charge in [0.25, 0.3) is 5.91 Å². The molecule has 7 heteroatoms. The van der Waals surface area contributed by atoms with Crippen LogP contribution in [0.2, 0.25) is 0 Å². The largest absolute Gasteiger partial charge is 0.497 e. The molecule has 0 radical (unpaired) electrons. The molecule has 0 unspecified atom stereocenters. The highest BCUT2D eigenvalue weighted by Gasteiger charge is 2.18. The standard InChI is InChI=1S/C20H19N3O4/c1-23-18(13-7-6-8-14(11-13)26-2)12-17(22-23)19(24)21-16-10-5-4-9-15(16)20(25)27-3/h4-12H,1-3H3,(H,21,24). The Morgan fingerprint density at radius 1 is 1.04 bits per heavy atom. The van der Waals surface area contributed by atoms with Crippen molar-refractivity contribution >= 4 is 17.6 Å². The summed E-state index contributed by atoms with van der Waals surface area (Å²) in [6.07, 6.45) is 0. The van der Waals surface area contributed by atoms with Gasteiger partial charge in [-0.15, -0.1) is 0 Å². The third-order valence-electron chi connectivity index (χ3n) is 4.06. The Kier molecular flexibility index (Phi) is 5.21. The SMILES string of the molecule is COC(=O)c1ccccc1NC(=O)c1cc(-c2cccc(OC)c2)n(C)n1. The van der Waals surface area contributed by atoms with Gasteiger partial charge in [0.05, 0.1) is 31.2 Å². The number of rotatable bonds is 5. The van der Waals surface area contributed by atoms with E-state index < -0.39 is 11.9 Å². The Morgan fingerprint density at radius 3 is 2.56 bits per heavy atom. The fraction of sp³-hybridized carbons (Fsp3) is 0.150. The maximum absolute atomic E-state index is 12.6. The molecule has 27 heavy (non-hydrogen) atoms. The molecule has 138 valence electrons. The number of hydrogen-bond donors (Lipinski definition) is 1. The lowest BCUT2D eigenvalue weighted by molar-refractivity contribution is 0.0602. The van der Waals surface area contributed by atoms with Gasteiger partial charge < -0.3 is 14.8 Å². The van der Waals surface area contributed by atoms with Crippen molar-refractivity contribution in [3.63, 3.8) is 0 Å². The van der Waals surface area contributed by atoms with E-state index in [4.69, 9.17) is 9.47 Å². The average molecular weight is 365 g/mol. The third-order valence-corrected chi connectivity index (χ3v) is 4.06. The molecule has 0 aliphatic rings. The summed E-state index contributed by atoms with van der Waals surface area (Å²) in [5, 5.41) is 7.00. The zero-order valence-electron chi connectivity index (χ0n) is 15.2. The van der Waals surface area contributed by atoms with Crippen molar-refractivity contribution in [2.24, 2.45) is 7.05 Å². The van der Waals surface area contributed by atoms with Gasteiger partial charge in [-0.2, -0.15) is 5.10 Å². The van der Waals surface area contributed by atoms with Crippen molar-refractivity contribution < 1.29 is 19.1 Å². The number of para-hydroxylation sites is 1. The van der Waals surface area contributed by atoms with Crippen LogP contribution in [0.3, 0.4) is 0 Å². The van der Waals surface area contributed by atoms with Gasteiger partial charge >= 0.3 is 5.97 Å². The van der Waals surface area contributed by atoms with Crippen LogP contribution in [0.25, 0.3) is 11.3 Å². The van der Waals surface area contributed by atoms with E-state index in [1.165, 1.54) is 7.11 Å². The molecule has 0 aliphatic heterocycles. The molecule has 0 atom stereocenters. The monoisotopic (exact) mass is 365 g/mol. The summed E-state index contributed by atoms with van der Waals surface area (Å²) in [7, 11) is 4.65. The van der Waals surface area contributed by atoms with Crippen molar-refractivity contribution in [3.8, 4) is 17.0 Å². The molecule has 1 aromatic heterocycles. The van der Waals surface area contributed by atoms with Crippen LogP contribution in [0, 0.1) is 0 Å². The molecule has 0 aliphatic carbocycles. The molecule has 0 spiro atoms. The molecule has 2 aromatic carbocycles. The molecule has 3 rings (SSSR count). The molecule has 1 amide bonds.